The number of ether oxygens (including phenoxy) is 1. The van der Waals surface area contributed by atoms with Gasteiger partial charge in [0.15, 0.2) is 0 Å². The molecule has 0 fully saturated rings. The fourth-order valence-corrected chi connectivity index (χ4v) is 1.47. The third-order valence-corrected chi connectivity index (χ3v) is 2.21. The van der Waals surface area contributed by atoms with Crippen LogP contribution in [0.3, 0.4) is 0 Å². The Kier molecular flexibility index (Phi) is 3.54. The molecule has 1 aromatic carbocycles. The summed E-state index contributed by atoms with van der Waals surface area (Å²) in [7, 11) is 1.61. The van der Waals surface area contributed by atoms with E-state index in [1.54, 1.807) is 13.2 Å². The number of anilines is 2. The molecule has 0 atom stereocenters. The van der Waals surface area contributed by atoms with Crippen LogP contribution in [-0.2, 0) is 11.3 Å². The minimum Gasteiger partial charge on any atom is -0.380 e. The number of aromatic nitrogens is 3. The quantitative estimate of drug-likeness (QED) is 0.740. The van der Waals surface area contributed by atoms with Crippen molar-refractivity contribution in [1.29, 1.82) is 0 Å². The normalized spacial score (nSPS) is 10.3. The summed E-state index contributed by atoms with van der Waals surface area (Å²) in [5.41, 5.74) is 6.95. The van der Waals surface area contributed by atoms with Gasteiger partial charge in [0.1, 0.15) is 0 Å². The van der Waals surface area contributed by atoms with Crippen LogP contribution in [0, 0.1) is 0 Å². The summed E-state index contributed by atoms with van der Waals surface area (Å²) < 4.78 is 5.02. The first-order chi connectivity index (χ1) is 8.69. The molecule has 4 N–H and O–H groups in total. The Bertz CT molecular complexity index is 552. The van der Waals surface area contributed by atoms with Gasteiger partial charge in [-0.3, -0.25) is 9.89 Å². The fraction of sp³-hybridized carbons (Fsp3) is 0.182. The third kappa shape index (κ3) is 2.83. The summed E-state index contributed by atoms with van der Waals surface area (Å²) in [6.07, 6.45) is 0. The molecule has 0 unspecified atom stereocenters. The lowest BCUT2D eigenvalue weighted by atomic mass is 10.2. The molecule has 7 nitrogen and oxygen atoms in total. The molecule has 0 saturated carbocycles. The Labute approximate surface area is 103 Å². The average molecular weight is 247 g/mol. The van der Waals surface area contributed by atoms with Crippen LogP contribution in [0.1, 0.15) is 16.2 Å². The summed E-state index contributed by atoms with van der Waals surface area (Å²) in [5.74, 6) is -0.285. The summed E-state index contributed by atoms with van der Waals surface area (Å²) in [5, 5.41) is 8.72. The second kappa shape index (κ2) is 5.28. The zero-order chi connectivity index (χ0) is 13.0. The van der Waals surface area contributed by atoms with Crippen LogP contribution in [0.25, 0.3) is 0 Å². The van der Waals surface area contributed by atoms with Gasteiger partial charge in [0.2, 0.25) is 11.8 Å². The summed E-state index contributed by atoms with van der Waals surface area (Å²) in [6.45, 7) is 0.485. The fourth-order valence-electron chi connectivity index (χ4n) is 1.47. The minimum absolute atomic E-state index is 0.0354. The van der Waals surface area contributed by atoms with Crippen molar-refractivity contribution in [3.8, 4) is 0 Å². The Hall–Kier alpha value is -2.41. The lowest BCUT2D eigenvalue weighted by molar-refractivity contribution is 0.101. The van der Waals surface area contributed by atoms with Crippen molar-refractivity contribution in [3.63, 3.8) is 0 Å². The number of H-pyrrole nitrogens is 1. The molecule has 18 heavy (non-hydrogen) atoms. The first-order valence-electron chi connectivity index (χ1n) is 5.26. The number of nitrogens with zero attached hydrogens (tertiary/aromatic N) is 2. The molecule has 0 spiro atoms. The molecule has 0 aliphatic carbocycles. The highest BCUT2D eigenvalue weighted by Crippen LogP contribution is 2.12. The van der Waals surface area contributed by atoms with E-state index in [0.29, 0.717) is 12.3 Å². The smallest absolute Gasteiger partial charge is 0.293 e. The maximum absolute atomic E-state index is 11.8. The molecule has 1 heterocycles. The maximum atomic E-state index is 11.8. The van der Waals surface area contributed by atoms with E-state index in [9.17, 15) is 4.79 Å². The number of nitrogens with one attached hydrogen (secondary N) is 2. The Morgan fingerprint density at radius 2 is 2.39 bits per heavy atom. The van der Waals surface area contributed by atoms with Crippen LogP contribution in [-0.4, -0.2) is 28.2 Å². The molecule has 2 rings (SSSR count). The molecule has 0 bridgehead atoms. The zero-order valence-electron chi connectivity index (χ0n) is 9.80. The van der Waals surface area contributed by atoms with Crippen molar-refractivity contribution in [3.05, 3.63) is 35.7 Å². The van der Waals surface area contributed by atoms with Crippen LogP contribution in [0.5, 0.6) is 0 Å². The van der Waals surface area contributed by atoms with Gasteiger partial charge < -0.3 is 15.8 Å². The van der Waals surface area contributed by atoms with Crippen LogP contribution < -0.4 is 11.1 Å². The molecule has 2 aromatic rings. The topological polar surface area (TPSA) is 106 Å². The molecule has 0 radical (unpaired) electrons. The second-order valence-electron chi connectivity index (χ2n) is 3.63. The molecule has 94 valence electrons. The monoisotopic (exact) mass is 247 g/mol. The van der Waals surface area contributed by atoms with E-state index in [2.05, 4.69) is 20.5 Å². The van der Waals surface area contributed by atoms with Gasteiger partial charge in [0.05, 0.1) is 6.61 Å². The second-order valence-corrected chi connectivity index (χ2v) is 3.63. The van der Waals surface area contributed by atoms with Crippen molar-refractivity contribution in [2.24, 2.45) is 0 Å². The van der Waals surface area contributed by atoms with Gasteiger partial charge in [-0.1, -0.05) is 12.1 Å². The van der Waals surface area contributed by atoms with Crippen LogP contribution in [0.4, 0.5) is 11.6 Å². The van der Waals surface area contributed by atoms with Gasteiger partial charge in [-0.2, -0.15) is 4.98 Å². The number of hydrogen-bond donors (Lipinski definition) is 3. The van der Waals surface area contributed by atoms with Crippen molar-refractivity contribution in [2.75, 3.05) is 18.2 Å². The zero-order valence-corrected chi connectivity index (χ0v) is 9.80. The number of rotatable bonds is 4. The van der Waals surface area contributed by atoms with Crippen molar-refractivity contribution in [2.45, 2.75) is 6.61 Å². The van der Waals surface area contributed by atoms with Crippen LogP contribution in [0.2, 0.25) is 0 Å². The first-order valence-corrected chi connectivity index (χ1v) is 5.26. The molecule has 1 aromatic heterocycles. The van der Waals surface area contributed by atoms with E-state index in [1.165, 1.54) is 0 Å². The molecular weight excluding hydrogens is 234 g/mol. The van der Waals surface area contributed by atoms with Crippen molar-refractivity contribution >= 4 is 17.5 Å². The number of carbonyl (C=O) groups is 1. The average Bonchev–Trinajstić information content (AvgIpc) is 2.77. The maximum Gasteiger partial charge on any atom is 0.293 e. The van der Waals surface area contributed by atoms with E-state index in [-0.39, 0.29) is 11.8 Å². The number of hydrogen-bond acceptors (Lipinski definition) is 5. The van der Waals surface area contributed by atoms with Gasteiger partial charge in [-0.15, -0.1) is 5.10 Å². The van der Waals surface area contributed by atoms with E-state index in [0.717, 1.165) is 5.56 Å². The van der Waals surface area contributed by atoms with Crippen molar-refractivity contribution < 1.29 is 9.53 Å². The number of methoxy groups -OCH3 is 1. The summed E-state index contributed by atoms with van der Waals surface area (Å²) in [6, 6.07) is 7.34. The Balaban J connectivity index is 2.09. The van der Waals surface area contributed by atoms with Gasteiger partial charge in [-0.25, -0.2) is 0 Å². The predicted molar refractivity (Wildman–Crippen MR) is 65.9 cm³/mol. The largest absolute Gasteiger partial charge is 0.380 e. The van der Waals surface area contributed by atoms with E-state index in [4.69, 9.17) is 10.5 Å². The highest BCUT2D eigenvalue weighted by atomic mass is 16.5. The predicted octanol–water partition coefficient (Wildman–Crippen LogP) is 0.786. The number of nitrogen functional groups attached to an aromatic ring is 1. The molecule has 1 amide bonds. The third-order valence-electron chi connectivity index (χ3n) is 2.21. The number of carbonyl (C=O) groups excluding carboxylic acids is 1. The SMILES string of the molecule is COCc1cccc(NC(=O)c2nc(N)n[nH]2)c1. The van der Waals surface area contributed by atoms with E-state index < -0.39 is 5.91 Å². The van der Waals surface area contributed by atoms with E-state index in [1.807, 2.05) is 18.2 Å². The number of benzene rings is 1. The van der Waals surface area contributed by atoms with Crippen LogP contribution >= 0.6 is 0 Å². The molecule has 0 aliphatic rings. The first kappa shape index (κ1) is 12.1. The Morgan fingerprint density at radius 3 is 3.06 bits per heavy atom. The summed E-state index contributed by atoms with van der Waals surface area (Å²) in [4.78, 5) is 15.5. The van der Waals surface area contributed by atoms with Gasteiger partial charge in [0, 0.05) is 12.8 Å². The highest BCUT2D eigenvalue weighted by Gasteiger charge is 2.10. The van der Waals surface area contributed by atoms with Crippen LogP contribution in [0.15, 0.2) is 24.3 Å². The highest BCUT2D eigenvalue weighted by molar-refractivity contribution is 6.01. The van der Waals surface area contributed by atoms with Crippen molar-refractivity contribution in [1.82, 2.24) is 15.2 Å². The number of nitrogens with two attached hydrogens (primary N) is 1. The van der Waals surface area contributed by atoms with Gasteiger partial charge >= 0.3 is 0 Å². The lowest BCUT2D eigenvalue weighted by Gasteiger charge is -2.05. The molecule has 0 aliphatic heterocycles. The minimum atomic E-state index is -0.395. The number of amides is 1. The molecule has 7 heteroatoms. The van der Waals surface area contributed by atoms with E-state index >= 15 is 0 Å². The van der Waals surface area contributed by atoms with Gasteiger partial charge in [0.25, 0.3) is 5.91 Å². The van der Waals surface area contributed by atoms with Gasteiger partial charge in [-0.05, 0) is 17.7 Å². The molecular formula is C11H13N5O2. The summed E-state index contributed by atoms with van der Waals surface area (Å²) >= 11 is 0. The number of aromatic amines is 1. The Morgan fingerprint density at radius 1 is 1.56 bits per heavy atom. The standard InChI is InChI=1S/C11H13N5O2/c1-18-6-7-3-2-4-8(5-7)13-10(17)9-14-11(12)16-15-9/h2-5H,6H2,1H3,(H,13,17)(H3,12,14,15,16). The molecule has 0 saturated heterocycles. The lowest BCUT2D eigenvalue weighted by Crippen LogP contribution is -2.14.